The Bertz CT molecular complexity index is 403. The number of carbonyl (C=O) groups is 1. The van der Waals surface area contributed by atoms with Gasteiger partial charge in [0.15, 0.2) is 0 Å². The molecule has 1 aliphatic carbocycles. The number of halogens is 1. The van der Waals surface area contributed by atoms with Crippen molar-refractivity contribution in [2.75, 3.05) is 17.8 Å². The highest BCUT2D eigenvalue weighted by molar-refractivity contribution is 6.29. The van der Waals surface area contributed by atoms with Gasteiger partial charge in [0.2, 0.25) is 5.91 Å². The molecule has 3 heteroatoms. The van der Waals surface area contributed by atoms with Crippen LogP contribution in [0.15, 0.2) is 18.2 Å². The summed E-state index contributed by atoms with van der Waals surface area (Å²) in [5.74, 6) is 0.000759. The second-order valence-electron chi connectivity index (χ2n) is 4.21. The third-order valence-corrected chi connectivity index (χ3v) is 3.45. The standard InChI is InChI=1S/C13H16ClNO/c1-15(13(16)9-14)12-8-4-6-10-5-2-3-7-11(10)12/h4,6,8H,2-3,5,7,9H2,1H3. The number of hydrogen-bond donors (Lipinski definition) is 0. The van der Waals surface area contributed by atoms with Crippen molar-refractivity contribution in [3.8, 4) is 0 Å². The van der Waals surface area contributed by atoms with Crippen LogP contribution in [0.1, 0.15) is 24.0 Å². The molecular weight excluding hydrogens is 222 g/mol. The fraction of sp³-hybridized carbons (Fsp3) is 0.462. The highest BCUT2D eigenvalue weighted by Crippen LogP contribution is 2.29. The van der Waals surface area contributed by atoms with Crippen molar-refractivity contribution in [1.29, 1.82) is 0 Å². The lowest BCUT2D eigenvalue weighted by Crippen LogP contribution is -2.28. The first-order chi connectivity index (χ1) is 7.74. The number of nitrogens with zero attached hydrogens (tertiary/aromatic N) is 1. The Kier molecular flexibility index (Phi) is 3.49. The third-order valence-electron chi connectivity index (χ3n) is 3.22. The summed E-state index contributed by atoms with van der Waals surface area (Å²) >= 11 is 5.59. The van der Waals surface area contributed by atoms with Crippen molar-refractivity contribution in [2.45, 2.75) is 25.7 Å². The van der Waals surface area contributed by atoms with E-state index in [2.05, 4.69) is 6.07 Å². The Labute approximate surface area is 101 Å². The van der Waals surface area contributed by atoms with Gasteiger partial charge < -0.3 is 4.90 Å². The fourth-order valence-corrected chi connectivity index (χ4v) is 2.48. The first kappa shape index (κ1) is 11.5. The molecule has 1 aromatic carbocycles. The minimum Gasteiger partial charge on any atom is -0.314 e. The van der Waals surface area contributed by atoms with Gasteiger partial charge >= 0.3 is 0 Å². The van der Waals surface area contributed by atoms with Crippen molar-refractivity contribution in [2.24, 2.45) is 0 Å². The fourth-order valence-electron chi connectivity index (χ4n) is 2.30. The molecule has 1 amide bonds. The van der Waals surface area contributed by atoms with E-state index in [4.69, 9.17) is 11.6 Å². The van der Waals surface area contributed by atoms with Crippen LogP contribution in [0.2, 0.25) is 0 Å². The molecule has 1 aromatic rings. The summed E-state index contributed by atoms with van der Waals surface area (Å²) in [4.78, 5) is 13.3. The average Bonchev–Trinajstić information content (AvgIpc) is 2.36. The van der Waals surface area contributed by atoms with Gasteiger partial charge in [0, 0.05) is 12.7 Å². The molecule has 0 unspecified atom stereocenters. The van der Waals surface area contributed by atoms with Crippen LogP contribution in [-0.4, -0.2) is 18.8 Å². The Morgan fingerprint density at radius 2 is 2.12 bits per heavy atom. The average molecular weight is 238 g/mol. The molecule has 16 heavy (non-hydrogen) atoms. The van der Waals surface area contributed by atoms with Gasteiger partial charge in [-0.2, -0.15) is 0 Å². The van der Waals surface area contributed by atoms with E-state index in [1.165, 1.54) is 24.0 Å². The summed E-state index contributed by atoms with van der Waals surface area (Å²) in [5.41, 5.74) is 3.75. The number of fused-ring (bicyclic) bond motifs is 1. The molecule has 2 rings (SSSR count). The van der Waals surface area contributed by atoms with E-state index in [1.54, 1.807) is 11.9 Å². The van der Waals surface area contributed by atoms with E-state index in [1.807, 2.05) is 12.1 Å². The van der Waals surface area contributed by atoms with Gasteiger partial charge in [0.05, 0.1) is 0 Å². The number of hydrogen-bond acceptors (Lipinski definition) is 1. The summed E-state index contributed by atoms with van der Waals surface area (Å²) in [5, 5.41) is 0. The van der Waals surface area contributed by atoms with E-state index >= 15 is 0 Å². The summed E-state index contributed by atoms with van der Waals surface area (Å²) in [6.45, 7) is 0. The third kappa shape index (κ3) is 2.07. The molecule has 1 aliphatic rings. The van der Waals surface area contributed by atoms with E-state index in [0.29, 0.717) is 0 Å². The first-order valence-corrected chi connectivity index (χ1v) is 6.21. The molecule has 0 aliphatic heterocycles. The molecule has 0 fully saturated rings. The Morgan fingerprint density at radius 1 is 1.38 bits per heavy atom. The minimum absolute atomic E-state index is 0.0411. The van der Waals surface area contributed by atoms with E-state index < -0.39 is 0 Å². The van der Waals surface area contributed by atoms with Gasteiger partial charge in [-0.25, -0.2) is 0 Å². The summed E-state index contributed by atoms with van der Waals surface area (Å²) < 4.78 is 0. The largest absolute Gasteiger partial charge is 0.314 e. The molecule has 0 spiro atoms. The van der Waals surface area contributed by atoms with Crippen LogP contribution < -0.4 is 4.90 Å². The SMILES string of the molecule is CN(C(=O)CCl)c1cccc2c1CCCC2. The number of aryl methyl sites for hydroxylation is 1. The number of benzene rings is 1. The second kappa shape index (κ2) is 4.88. The van der Waals surface area contributed by atoms with Gasteiger partial charge in [-0.15, -0.1) is 11.6 Å². The lowest BCUT2D eigenvalue weighted by molar-refractivity contribution is -0.116. The lowest BCUT2D eigenvalue weighted by Gasteiger charge is -2.24. The van der Waals surface area contributed by atoms with E-state index in [9.17, 15) is 4.79 Å². The van der Waals surface area contributed by atoms with Crippen LogP contribution in [0.3, 0.4) is 0 Å². The number of alkyl halides is 1. The normalized spacial score (nSPS) is 14.4. The Morgan fingerprint density at radius 3 is 2.88 bits per heavy atom. The van der Waals surface area contributed by atoms with E-state index in [-0.39, 0.29) is 11.8 Å². The maximum atomic E-state index is 11.6. The molecule has 0 saturated carbocycles. The molecule has 0 bridgehead atoms. The molecular formula is C13H16ClNO. The van der Waals surface area contributed by atoms with Crippen LogP contribution in [0, 0.1) is 0 Å². The highest BCUT2D eigenvalue weighted by Gasteiger charge is 2.17. The summed E-state index contributed by atoms with van der Waals surface area (Å²) in [7, 11) is 1.80. The lowest BCUT2D eigenvalue weighted by atomic mass is 9.90. The maximum Gasteiger partial charge on any atom is 0.241 e. The number of anilines is 1. The number of amides is 1. The Hall–Kier alpha value is -1.02. The van der Waals surface area contributed by atoms with Crippen LogP contribution in [-0.2, 0) is 17.6 Å². The van der Waals surface area contributed by atoms with E-state index in [0.717, 1.165) is 18.5 Å². The van der Waals surface area contributed by atoms with Crippen LogP contribution in [0.25, 0.3) is 0 Å². The van der Waals surface area contributed by atoms with Crippen LogP contribution in [0.4, 0.5) is 5.69 Å². The maximum absolute atomic E-state index is 11.6. The summed E-state index contributed by atoms with van der Waals surface area (Å²) in [6, 6.07) is 6.20. The summed E-state index contributed by atoms with van der Waals surface area (Å²) in [6.07, 6.45) is 4.67. The van der Waals surface area contributed by atoms with Crippen molar-refractivity contribution in [1.82, 2.24) is 0 Å². The zero-order chi connectivity index (χ0) is 11.5. The molecule has 86 valence electrons. The van der Waals surface area contributed by atoms with Crippen molar-refractivity contribution < 1.29 is 4.79 Å². The first-order valence-electron chi connectivity index (χ1n) is 5.67. The minimum atomic E-state index is -0.0411. The molecule has 2 nitrogen and oxygen atoms in total. The highest BCUT2D eigenvalue weighted by atomic mass is 35.5. The Balaban J connectivity index is 2.37. The van der Waals surface area contributed by atoms with Gasteiger partial charge in [0.25, 0.3) is 0 Å². The smallest absolute Gasteiger partial charge is 0.241 e. The molecule has 0 saturated heterocycles. The van der Waals surface area contributed by atoms with Gasteiger partial charge in [-0.05, 0) is 42.9 Å². The molecule has 0 atom stereocenters. The number of carbonyl (C=O) groups excluding carboxylic acids is 1. The zero-order valence-electron chi connectivity index (χ0n) is 9.50. The predicted molar refractivity (Wildman–Crippen MR) is 67.2 cm³/mol. The molecule has 0 heterocycles. The monoisotopic (exact) mass is 237 g/mol. The number of rotatable bonds is 2. The molecule has 0 N–H and O–H groups in total. The van der Waals surface area contributed by atoms with Crippen LogP contribution in [0.5, 0.6) is 0 Å². The quantitative estimate of drug-likeness (QED) is 0.725. The van der Waals surface area contributed by atoms with Gasteiger partial charge in [0.1, 0.15) is 5.88 Å². The topological polar surface area (TPSA) is 20.3 Å². The van der Waals surface area contributed by atoms with Crippen molar-refractivity contribution in [3.05, 3.63) is 29.3 Å². The van der Waals surface area contributed by atoms with Crippen LogP contribution >= 0.6 is 11.6 Å². The second-order valence-corrected chi connectivity index (χ2v) is 4.48. The van der Waals surface area contributed by atoms with Gasteiger partial charge in [-0.1, -0.05) is 12.1 Å². The molecule has 0 aromatic heterocycles. The van der Waals surface area contributed by atoms with Crippen molar-refractivity contribution >= 4 is 23.2 Å². The molecule has 0 radical (unpaired) electrons. The van der Waals surface area contributed by atoms with Gasteiger partial charge in [-0.3, -0.25) is 4.79 Å². The van der Waals surface area contributed by atoms with Crippen molar-refractivity contribution in [3.63, 3.8) is 0 Å². The predicted octanol–water partition coefficient (Wildman–Crippen LogP) is 2.77. The zero-order valence-corrected chi connectivity index (χ0v) is 10.3.